The number of nitrogens with one attached hydrogen (secondary N) is 1. The Balaban J connectivity index is 1.75. The van der Waals surface area contributed by atoms with Crippen LogP contribution in [0.4, 0.5) is 0 Å². The van der Waals surface area contributed by atoms with Crippen LogP contribution in [0.15, 0.2) is 0 Å². The van der Waals surface area contributed by atoms with Crippen molar-refractivity contribution in [1.29, 1.82) is 0 Å². The monoisotopic (exact) mass is 330 g/mol. The van der Waals surface area contributed by atoms with Crippen LogP contribution in [-0.2, 0) is 14.8 Å². The number of rotatable bonds is 6. The maximum absolute atomic E-state index is 12.2. The van der Waals surface area contributed by atoms with Gasteiger partial charge in [0.15, 0.2) is 0 Å². The lowest BCUT2D eigenvalue weighted by molar-refractivity contribution is -0.133. The molecule has 0 radical (unpaired) electrons. The van der Waals surface area contributed by atoms with Crippen LogP contribution in [0.1, 0.15) is 58.8 Å². The quantitative estimate of drug-likeness (QED) is 0.811. The van der Waals surface area contributed by atoms with E-state index in [1.165, 1.54) is 0 Å². The van der Waals surface area contributed by atoms with Crippen molar-refractivity contribution in [2.45, 2.75) is 64.8 Å². The summed E-state index contributed by atoms with van der Waals surface area (Å²) in [6, 6.07) is -0.00509. The minimum Gasteiger partial charge on any atom is -0.343 e. The molecule has 0 unspecified atom stereocenters. The van der Waals surface area contributed by atoms with Gasteiger partial charge in [0.05, 0.1) is 5.75 Å². The predicted molar refractivity (Wildman–Crippen MR) is 87.9 cm³/mol. The average molecular weight is 330 g/mol. The lowest BCUT2D eigenvalue weighted by Crippen LogP contribution is -2.47. The Bertz CT molecular complexity index is 462. The summed E-state index contributed by atoms with van der Waals surface area (Å²) in [5.74, 6) is 1.18. The SMILES string of the molecule is CC(C)CC(=O)N1CCC(NS(=O)(=O)CC2CCCC2)CC1. The number of likely N-dealkylation sites (tertiary alicyclic amines) is 1. The number of nitrogens with zero attached hydrogens (tertiary/aromatic N) is 1. The summed E-state index contributed by atoms with van der Waals surface area (Å²) in [5, 5.41) is 0. The number of hydrogen-bond donors (Lipinski definition) is 1. The van der Waals surface area contributed by atoms with E-state index in [2.05, 4.69) is 4.72 Å². The standard InChI is InChI=1S/C16H30N2O3S/c1-13(2)11-16(19)18-9-7-15(8-10-18)17-22(20,21)12-14-5-3-4-6-14/h13-15,17H,3-12H2,1-2H3. The zero-order valence-corrected chi connectivity index (χ0v) is 14.7. The molecule has 1 aliphatic heterocycles. The topological polar surface area (TPSA) is 66.5 Å². The van der Waals surface area contributed by atoms with Crippen molar-refractivity contribution in [3.05, 3.63) is 0 Å². The Hall–Kier alpha value is -0.620. The van der Waals surface area contributed by atoms with Crippen LogP contribution in [0.5, 0.6) is 0 Å². The summed E-state index contributed by atoms with van der Waals surface area (Å²) in [4.78, 5) is 13.9. The second-order valence-corrected chi connectivity index (χ2v) is 9.10. The van der Waals surface area contributed by atoms with E-state index in [-0.39, 0.29) is 17.7 Å². The molecule has 128 valence electrons. The normalized spacial score (nSPS) is 21.7. The number of hydrogen-bond acceptors (Lipinski definition) is 3. The zero-order valence-electron chi connectivity index (χ0n) is 13.9. The number of amides is 1. The van der Waals surface area contributed by atoms with Crippen molar-refractivity contribution < 1.29 is 13.2 Å². The van der Waals surface area contributed by atoms with E-state index in [4.69, 9.17) is 0 Å². The fraction of sp³-hybridized carbons (Fsp3) is 0.938. The van der Waals surface area contributed by atoms with Crippen LogP contribution in [0.2, 0.25) is 0 Å². The second-order valence-electron chi connectivity index (χ2n) is 7.30. The van der Waals surface area contributed by atoms with E-state index in [9.17, 15) is 13.2 Å². The van der Waals surface area contributed by atoms with Crippen LogP contribution < -0.4 is 4.72 Å². The van der Waals surface area contributed by atoms with E-state index in [1.807, 2.05) is 18.7 Å². The fourth-order valence-electron chi connectivity index (χ4n) is 3.51. The van der Waals surface area contributed by atoms with Crippen molar-refractivity contribution in [2.75, 3.05) is 18.8 Å². The summed E-state index contributed by atoms with van der Waals surface area (Å²) in [7, 11) is -3.17. The van der Waals surface area contributed by atoms with Gasteiger partial charge >= 0.3 is 0 Å². The highest BCUT2D eigenvalue weighted by Gasteiger charge is 2.28. The minimum absolute atomic E-state index is 0.00509. The Labute approximate surface area is 134 Å². The molecule has 0 aromatic carbocycles. The number of sulfonamides is 1. The molecule has 2 fully saturated rings. The molecule has 0 aromatic heterocycles. The maximum atomic E-state index is 12.2. The summed E-state index contributed by atoms with van der Waals surface area (Å²) in [6.45, 7) is 5.42. The smallest absolute Gasteiger partial charge is 0.222 e. The molecule has 1 aliphatic carbocycles. The van der Waals surface area contributed by atoms with Gasteiger partial charge in [0.1, 0.15) is 0 Å². The molecular weight excluding hydrogens is 300 g/mol. The van der Waals surface area contributed by atoms with Gasteiger partial charge in [0.25, 0.3) is 0 Å². The molecule has 0 atom stereocenters. The van der Waals surface area contributed by atoms with Crippen LogP contribution in [-0.4, -0.2) is 44.1 Å². The molecule has 2 aliphatic rings. The second kappa shape index (κ2) is 7.77. The molecule has 1 N–H and O–H groups in total. The molecule has 1 amide bonds. The summed E-state index contributed by atoms with van der Waals surface area (Å²) >= 11 is 0. The van der Waals surface area contributed by atoms with E-state index in [1.54, 1.807) is 0 Å². The van der Waals surface area contributed by atoms with E-state index < -0.39 is 10.0 Å². The largest absolute Gasteiger partial charge is 0.343 e. The molecule has 0 bridgehead atoms. The molecule has 1 heterocycles. The third kappa shape index (κ3) is 5.54. The highest BCUT2D eigenvalue weighted by Crippen LogP contribution is 2.26. The Morgan fingerprint density at radius 2 is 1.73 bits per heavy atom. The molecule has 5 nitrogen and oxygen atoms in total. The van der Waals surface area contributed by atoms with Crippen molar-refractivity contribution in [3.63, 3.8) is 0 Å². The zero-order chi connectivity index (χ0) is 16.2. The molecule has 22 heavy (non-hydrogen) atoms. The third-order valence-corrected chi connectivity index (χ3v) is 6.31. The van der Waals surface area contributed by atoms with Crippen LogP contribution in [0.3, 0.4) is 0 Å². The van der Waals surface area contributed by atoms with Crippen molar-refractivity contribution in [2.24, 2.45) is 11.8 Å². The first kappa shape index (κ1) is 17.7. The lowest BCUT2D eigenvalue weighted by Gasteiger charge is -2.32. The van der Waals surface area contributed by atoms with Gasteiger partial charge in [-0.25, -0.2) is 13.1 Å². The highest BCUT2D eigenvalue weighted by atomic mass is 32.2. The summed E-state index contributed by atoms with van der Waals surface area (Å²) in [5.41, 5.74) is 0. The average Bonchev–Trinajstić information content (AvgIpc) is 2.90. The summed E-state index contributed by atoms with van der Waals surface area (Å²) in [6.07, 6.45) is 6.46. The van der Waals surface area contributed by atoms with Gasteiger partial charge in [-0.1, -0.05) is 26.7 Å². The number of carbonyl (C=O) groups excluding carboxylic acids is 1. The molecule has 6 heteroatoms. The molecule has 2 rings (SSSR count). The van der Waals surface area contributed by atoms with E-state index >= 15 is 0 Å². The number of piperidine rings is 1. The number of carbonyl (C=O) groups is 1. The van der Waals surface area contributed by atoms with Gasteiger partial charge in [-0.2, -0.15) is 0 Å². The maximum Gasteiger partial charge on any atom is 0.222 e. The van der Waals surface area contributed by atoms with Crippen LogP contribution >= 0.6 is 0 Å². The van der Waals surface area contributed by atoms with Gasteiger partial charge in [-0.15, -0.1) is 0 Å². The molecule has 1 saturated carbocycles. The van der Waals surface area contributed by atoms with E-state index in [0.29, 0.717) is 31.3 Å². The molecular formula is C16H30N2O3S. The van der Waals surface area contributed by atoms with Crippen molar-refractivity contribution in [3.8, 4) is 0 Å². The van der Waals surface area contributed by atoms with Gasteiger partial charge in [-0.3, -0.25) is 4.79 Å². The molecule has 0 aromatic rings. The molecule has 1 saturated heterocycles. The lowest BCUT2D eigenvalue weighted by atomic mass is 10.0. The van der Waals surface area contributed by atoms with Crippen LogP contribution in [0, 0.1) is 11.8 Å². The van der Waals surface area contributed by atoms with Gasteiger partial charge < -0.3 is 4.90 Å². The van der Waals surface area contributed by atoms with E-state index in [0.717, 1.165) is 38.5 Å². The Morgan fingerprint density at radius 3 is 2.27 bits per heavy atom. The fourth-order valence-corrected chi connectivity index (χ4v) is 5.31. The van der Waals surface area contributed by atoms with Gasteiger partial charge in [0, 0.05) is 25.6 Å². The first-order valence-corrected chi connectivity index (χ1v) is 10.3. The minimum atomic E-state index is -3.17. The Kier molecular flexibility index (Phi) is 6.26. The third-order valence-electron chi connectivity index (χ3n) is 4.71. The van der Waals surface area contributed by atoms with Crippen molar-refractivity contribution >= 4 is 15.9 Å². The van der Waals surface area contributed by atoms with Gasteiger partial charge in [-0.05, 0) is 37.5 Å². The molecule has 0 spiro atoms. The van der Waals surface area contributed by atoms with Crippen molar-refractivity contribution in [1.82, 2.24) is 9.62 Å². The summed E-state index contributed by atoms with van der Waals surface area (Å²) < 4.78 is 27.3. The predicted octanol–water partition coefficient (Wildman–Crippen LogP) is 2.13. The first-order chi connectivity index (χ1) is 10.4. The van der Waals surface area contributed by atoms with Crippen LogP contribution in [0.25, 0.3) is 0 Å². The Morgan fingerprint density at radius 1 is 1.14 bits per heavy atom. The van der Waals surface area contributed by atoms with Gasteiger partial charge in [0.2, 0.25) is 15.9 Å². The highest BCUT2D eigenvalue weighted by molar-refractivity contribution is 7.89. The first-order valence-electron chi connectivity index (χ1n) is 8.63.